The quantitative estimate of drug-likeness (QED) is 0.421. The van der Waals surface area contributed by atoms with Crippen molar-refractivity contribution in [2.75, 3.05) is 32.2 Å². The molecule has 0 N–H and O–H groups in total. The lowest BCUT2D eigenvalue weighted by Crippen LogP contribution is -2.41. The number of fused-ring (bicyclic) bond motifs is 1. The molecule has 0 saturated carbocycles. The van der Waals surface area contributed by atoms with Crippen LogP contribution in [0.25, 0.3) is 22.0 Å². The minimum atomic E-state index is -1.35. The zero-order valence-electron chi connectivity index (χ0n) is 19.5. The number of piperidine rings is 1. The van der Waals surface area contributed by atoms with E-state index in [0.717, 1.165) is 27.9 Å². The Morgan fingerprint density at radius 3 is 2.44 bits per heavy atom. The van der Waals surface area contributed by atoms with E-state index in [2.05, 4.69) is 26.1 Å². The van der Waals surface area contributed by atoms with Crippen molar-refractivity contribution in [2.45, 2.75) is 25.4 Å². The van der Waals surface area contributed by atoms with Crippen molar-refractivity contribution >= 4 is 16.7 Å². The summed E-state index contributed by atoms with van der Waals surface area (Å²) in [6, 6.07) is 9.42. The molecule has 0 bridgehead atoms. The van der Waals surface area contributed by atoms with Gasteiger partial charge >= 0.3 is 0 Å². The predicted octanol–water partition coefficient (Wildman–Crippen LogP) is 4.88. The molecule has 174 valence electrons. The van der Waals surface area contributed by atoms with Crippen molar-refractivity contribution < 1.29 is 13.9 Å². The van der Waals surface area contributed by atoms with Crippen LogP contribution in [0.4, 0.5) is 10.2 Å². The number of aromatic nitrogens is 4. The van der Waals surface area contributed by atoms with Crippen molar-refractivity contribution in [1.29, 1.82) is 0 Å². The fraction of sp³-hybridized carbons (Fsp3) is 0.308. The van der Waals surface area contributed by atoms with Crippen LogP contribution in [0, 0.1) is 6.92 Å². The Kier molecular flexibility index (Phi) is 5.73. The van der Waals surface area contributed by atoms with Gasteiger partial charge in [-0.15, -0.1) is 0 Å². The average Bonchev–Trinajstić information content (AvgIpc) is 2.88. The molecule has 0 spiro atoms. The summed E-state index contributed by atoms with van der Waals surface area (Å²) in [6.45, 7) is 3.22. The zero-order chi connectivity index (χ0) is 23.7. The van der Waals surface area contributed by atoms with Crippen LogP contribution in [0.5, 0.6) is 11.5 Å². The van der Waals surface area contributed by atoms with Gasteiger partial charge in [-0.1, -0.05) is 6.07 Å². The summed E-state index contributed by atoms with van der Waals surface area (Å²) >= 11 is 0. The largest absolute Gasteiger partial charge is 0.493 e. The SMILES string of the molecule is COc1cc2nncc(-c3cnc(N4CCC(F)(c5cccnc5)CC4)c(C)c3)c2cc1OC. The summed E-state index contributed by atoms with van der Waals surface area (Å²) in [5.74, 6) is 2.11. The number of hydrogen-bond acceptors (Lipinski definition) is 7. The van der Waals surface area contributed by atoms with E-state index in [4.69, 9.17) is 14.5 Å². The second-order valence-electron chi connectivity index (χ2n) is 8.54. The third-order valence-corrected chi connectivity index (χ3v) is 6.54. The number of benzene rings is 1. The maximum atomic E-state index is 15.5. The van der Waals surface area contributed by atoms with Gasteiger partial charge in [0, 0.05) is 72.7 Å². The first-order valence-corrected chi connectivity index (χ1v) is 11.2. The first kappa shape index (κ1) is 22.0. The highest BCUT2D eigenvalue weighted by atomic mass is 19.1. The van der Waals surface area contributed by atoms with Gasteiger partial charge in [-0.2, -0.15) is 10.2 Å². The molecule has 1 fully saturated rings. The van der Waals surface area contributed by atoms with Crippen molar-refractivity contribution in [3.63, 3.8) is 0 Å². The number of methoxy groups -OCH3 is 2. The number of halogens is 1. The number of pyridine rings is 2. The molecule has 0 unspecified atom stereocenters. The molecule has 1 aliphatic rings. The van der Waals surface area contributed by atoms with Crippen LogP contribution >= 0.6 is 0 Å². The first-order chi connectivity index (χ1) is 16.5. The number of alkyl halides is 1. The fourth-order valence-corrected chi connectivity index (χ4v) is 4.65. The molecule has 34 heavy (non-hydrogen) atoms. The van der Waals surface area contributed by atoms with Gasteiger partial charge in [-0.3, -0.25) is 4.98 Å². The normalized spacial score (nSPS) is 15.4. The van der Waals surface area contributed by atoms with E-state index >= 15 is 4.39 Å². The summed E-state index contributed by atoms with van der Waals surface area (Å²) in [4.78, 5) is 11.0. The molecule has 7 nitrogen and oxygen atoms in total. The first-order valence-electron chi connectivity index (χ1n) is 11.2. The van der Waals surface area contributed by atoms with Gasteiger partial charge < -0.3 is 14.4 Å². The number of aryl methyl sites for hydroxylation is 1. The second kappa shape index (κ2) is 8.85. The van der Waals surface area contributed by atoms with E-state index in [9.17, 15) is 0 Å². The molecule has 3 aromatic heterocycles. The minimum absolute atomic E-state index is 0.405. The standard InChI is InChI=1S/C26H26FN5O2/c1-17-11-18(21-16-30-31-22-13-24(34-3)23(33-2)12-20(21)22)14-29-25(17)32-9-6-26(27,7-10-32)19-5-4-8-28-15-19/h4-5,8,11-16H,6-7,9-10H2,1-3H3. The summed E-state index contributed by atoms with van der Waals surface area (Å²) in [5, 5.41) is 9.33. The Balaban J connectivity index is 1.42. The fourth-order valence-electron chi connectivity index (χ4n) is 4.65. The molecule has 4 aromatic rings. The smallest absolute Gasteiger partial charge is 0.162 e. The number of rotatable bonds is 5. The molecule has 8 heteroatoms. The topological polar surface area (TPSA) is 73.3 Å². The highest BCUT2D eigenvalue weighted by Crippen LogP contribution is 2.39. The van der Waals surface area contributed by atoms with E-state index in [1.54, 1.807) is 38.9 Å². The van der Waals surface area contributed by atoms with E-state index in [1.165, 1.54) is 0 Å². The van der Waals surface area contributed by atoms with E-state index in [0.29, 0.717) is 48.5 Å². The van der Waals surface area contributed by atoms with Crippen LogP contribution in [0.1, 0.15) is 24.0 Å². The Hall–Kier alpha value is -3.81. The van der Waals surface area contributed by atoms with Gasteiger partial charge in [0.1, 0.15) is 11.5 Å². The van der Waals surface area contributed by atoms with Gasteiger partial charge in [0.25, 0.3) is 0 Å². The van der Waals surface area contributed by atoms with Crippen molar-refractivity contribution in [2.24, 2.45) is 0 Å². The highest BCUT2D eigenvalue weighted by Gasteiger charge is 2.37. The average molecular weight is 460 g/mol. The van der Waals surface area contributed by atoms with Gasteiger partial charge in [-0.05, 0) is 30.7 Å². The molecule has 0 atom stereocenters. The Bertz CT molecular complexity index is 1320. The van der Waals surface area contributed by atoms with Gasteiger partial charge in [-0.25, -0.2) is 9.37 Å². The Labute approximate surface area is 197 Å². The lowest BCUT2D eigenvalue weighted by atomic mass is 9.87. The summed E-state index contributed by atoms with van der Waals surface area (Å²) in [7, 11) is 3.20. The van der Waals surface area contributed by atoms with Crippen LogP contribution < -0.4 is 14.4 Å². The molecule has 0 aliphatic carbocycles. The minimum Gasteiger partial charge on any atom is -0.493 e. The van der Waals surface area contributed by atoms with Crippen molar-refractivity contribution in [3.8, 4) is 22.6 Å². The lowest BCUT2D eigenvalue weighted by molar-refractivity contribution is 0.124. The van der Waals surface area contributed by atoms with Crippen LogP contribution in [-0.4, -0.2) is 47.5 Å². The summed E-state index contributed by atoms with van der Waals surface area (Å²) in [6.07, 6.45) is 7.69. The number of nitrogens with zero attached hydrogens (tertiary/aromatic N) is 5. The van der Waals surface area contributed by atoms with Crippen molar-refractivity contribution in [1.82, 2.24) is 20.2 Å². The lowest BCUT2D eigenvalue weighted by Gasteiger charge is -2.37. The Morgan fingerprint density at radius 1 is 1.00 bits per heavy atom. The van der Waals surface area contributed by atoms with E-state index in [1.807, 2.05) is 31.3 Å². The number of anilines is 1. The van der Waals surface area contributed by atoms with Gasteiger partial charge in [0.05, 0.1) is 25.9 Å². The summed E-state index contributed by atoms with van der Waals surface area (Å²) in [5.41, 5.74) is 2.88. The highest BCUT2D eigenvalue weighted by molar-refractivity contribution is 5.95. The molecule has 5 rings (SSSR count). The molecular formula is C26H26FN5O2. The van der Waals surface area contributed by atoms with Crippen molar-refractivity contribution in [3.05, 3.63) is 66.2 Å². The molecule has 0 amide bonds. The Morgan fingerprint density at radius 2 is 1.76 bits per heavy atom. The summed E-state index contributed by atoms with van der Waals surface area (Å²) < 4.78 is 26.4. The molecule has 0 radical (unpaired) electrons. The molecular weight excluding hydrogens is 433 g/mol. The van der Waals surface area contributed by atoms with Crippen LogP contribution in [0.15, 0.2) is 55.1 Å². The number of ether oxygens (including phenoxy) is 2. The second-order valence-corrected chi connectivity index (χ2v) is 8.54. The third kappa shape index (κ3) is 3.89. The van der Waals surface area contributed by atoms with Gasteiger partial charge in [0.2, 0.25) is 0 Å². The molecule has 1 saturated heterocycles. The van der Waals surface area contributed by atoms with Crippen LogP contribution in [0.3, 0.4) is 0 Å². The van der Waals surface area contributed by atoms with Gasteiger partial charge in [0.15, 0.2) is 11.5 Å². The zero-order valence-corrected chi connectivity index (χ0v) is 19.5. The van der Waals surface area contributed by atoms with E-state index < -0.39 is 5.67 Å². The van der Waals surface area contributed by atoms with Crippen LogP contribution in [-0.2, 0) is 5.67 Å². The molecule has 1 aliphatic heterocycles. The maximum Gasteiger partial charge on any atom is 0.162 e. The molecule has 4 heterocycles. The van der Waals surface area contributed by atoms with E-state index in [-0.39, 0.29) is 0 Å². The maximum absolute atomic E-state index is 15.5. The monoisotopic (exact) mass is 459 g/mol. The molecule has 1 aromatic carbocycles. The number of hydrogen-bond donors (Lipinski definition) is 0. The van der Waals surface area contributed by atoms with Crippen LogP contribution in [0.2, 0.25) is 0 Å². The third-order valence-electron chi connectivity index (χ3n) is 6.54. The predicted molar refractivity (Wildman–Crippen MR) is 129 cm³/mol.